The van der Waals surface area contributed by atoms with Crippen LogP contribution in [0.25, 0.3) is 0 Å². The second-order valence-electron chi connectivity index (χ2n) is 4.68. The predicted molar refractivity (Wildman–Crippen MR) is 65.2 cm³/mol. The molecule has 3 N–H and O–H groups in total. The first kappa shape index (κ1) is 13.9. The lowest BCUT2D eigenvalue weighted by atomic mass is 10.0. The Morgan fingerprint density at radius 2 is 2.06 bits per heavy atom. The van der Waals surface area contributed by atoms with E-state index in [0.717, 1.165) is 12.0 Å². The Bertz CT molecular complexity index is 355. The quantitative estimate of drug-likeness (QED) is 0.714. The van der Waals surface area contributed by atoms with Crippen LogP contribution in [-0.4, -0.2) is 22.9 Å². The zero-order valence-corrected chi connectivity index (χ0v) is 10.3. The molecule has 4 heteroatoms. The van der Waals surface area contributed by atoms with Gasteiger partial charge >= 0.3 is 0 Å². The maximum absolute atomic E-state index is 13.1. The van der Waals surface area contributed by atoms with E-state index >= 15 is 0 Å². The second kappa shape index (κ2) is 6.57. The Balaban J connectivity index is 2.50. The number of aromatic hydroxyl groups is 1. The number of aliphatic hydroxyl groups excluding tert-OH is 1. The van der Waals surface area contributed by atoms with Crippen LogP contribution >= 0.6 is 0 Å². The number of phenols is 1. The highest BCUT2D eigenvalue weighted by Gasteiger charge is 2.09. The van der Waals surface area contributed by atoms with Crippen molar-refractivity contribution in [2.75, 3.05) is 6.61 Å². The molecule has 0 saturated heterocycles. The lowest BCUT2D eigenvalue weighted by Gasteiger charge is -2.18. The molecule has 96 valence electrons. The first-order chi connectivity index (χ1) is 8.02. The summed E-state index contributed by atoms with van der Waals surface area (Å²) < 4.78 is 13.1. The van der Waals surface area contributed by atoms with Crippen molar-refractivity contribution < 1.29 is 14.6 Å². The van der Waals surface area contributed by atoms with Crippen LogP contribution in [-0.2, 0) is 6.54 Å². The third-order valence-electron chi connectivity index (χ3n) is 2.58. The molecule has 0 heterocycles. The molecule has 0 aliphatic rings. The molecule has 1 aromatic carbocycles. The van der Waals surface area contributed by atoms with Crippen molar-refractivity contribution in [1.82, 2.24) is 5.32 Å². The summed E-state index contributed by atoms with van der Waals surface area (Å²) in [5.74, 6) is -0.459. The van der Waals surface area contributed by atoms with Gasteiger partial charge in [-0.3, -0.25) is 0 Å². The average Bonchev–Trinajstić information content (AvgIpc) is 2.28. The Hall–Kier alpha value is -1.13. The van der Waals surface area contributed by atoms with Gasteiger partial charge in [-0.2, -0.15) is 0 Å². The fourth-order valence-electron chi connectivity index (χ4n) is 1.71. The topological polar surface area (TPSA) is 52.5 Å². The van der Waals surface area contributed by atoms with Gasteiger partial charge < -0.3 is 15.5 Å². The molecule has 0 spiro atoms. The van der Waals surface area contributed by atoms with Gasteiger partial charge in [-0.05, 0) is 30.0 Å². The number of hydrogen-bond acceptors (Lipinski definition) is 3. The molecule has 1 unspecified atom stereocenters. The number of rotatable bonds is 6. The molecular weight excluding hydrogens is 221 g/mol. The van der Waals surface area contributed by atoms with E-state index < -0.39 is 5.82 Å². The molecule has 17 heavy (non-hydrogen) atoms. The van der Waals surface area contributed by atoms with Gasteiger partial charge in [0, 0.05) is 12.6 Å². The number of nitrogens with one attached hydrogen (secondary N) is 1. The van der Waals surface area contributed by atoms with E-state index in [1.807, 2.05) is 0 Å². The maximum Gasteiger partial charge on any atom is 0.165 e. The molecule has 0 saturated carbocycles. The van der Waals surface area contributed by atoms with Crippen molar-refractivity contribution >= 4 is 0 Å². The molecule has 0 aliphatic heterocycles. The van der Waals surface area contributed by atoms with Crippen molar-refractivity contribution in [3.8, 4) is 5.75 Å². The lowest BCUT2D eigenvalue weighted by molar-refractivity contribution is 0.223. The van der Waals surface area contributed by atoms with Crippen LogP contribution < -0.4 is 5.32 Å². The van der Waals surface area contributed by atoms with Gasteiger partial charge in [0.2, 0.25) is 0 Å². The SMILES string of the molecule is CC(C)CC(CO)NCc1ccc(O)c(F)c1. The summed E-state index contributed by atoms with van der Waals surface area (Å²) in [5.41, 5.74) is 0.752. The lowest BCUT2D eigenvalue weighted by Crippen LogP contribution is -2.33. The molecule has 0 amide bonds. The van der Waals surface area contributed by atoms with Crippen LogP contribution in [0.2, 0.25) is 0 Å². The molecule has 1 rings (SSSR count). The average molecular weight is 241 g/mol. The molecule has 1 atom stereocenters. The highest BCUT2D eigenvalue weighted by atomic mass is 19.1. The van der Waals surface area contributed by atoms with Crippen LogP contribution in [0.1, 0.15) is 25.8 Å². The summed E-state index contributed by atoms with van der Waals surface area (Å²) in [6.45, 7) is 4.73. The highest BCUT2D eigenvalue weighted by molar-refractivity contribution is 5.27. The van der Waals surface area contributed by atoms with Gasteiger partial charge in [0.25, 0.3) is 0 Å². The van der Waals surface area contributed by atoms with E-state index in [1.54, 1.807) is 6.07 Å². The zero-order chi connectivity index (χ0) is 12.8. The number of benzene rings is 1. The smallest absolute Gasteiger partial charge is 0.165 e. The molecule has 1 aromatic rings. The zero-order valence-electron chi connectivity index (χ0n) is 10.3. The Kier molecular flexibility index (Phi) is 5.38. The minimum absolute atomic E-state index is 0.0202. The summed E-state index contributed by atoms with van der Waals surface area (Å²) >= 11 is 0. The van der Waals surface area contributed by atoms with E-state index in [1.165, 1.54) is 12.1 Å². The summed E-state index contributed by atoms with van der Waals surface area (Å²) in [7, 11) is 0. The van der Waals surface area contributed by atoms with Crippen molar-refractivity contribution in [1.29, 1.82) is 0 Å². The third-order valence-corrected chi connectivity index (χ3v) is 2.58. The van der Waals surface area contributed by atoms with Gasteiger partial charge in [-0.25, -0.2) is 4.39 Å². The predicted octanol–water partition coefficient (Wildman–Crippen LogP) is 2.03. The van der Waals surface area contributed by atoms with Gasteiger partial charge in [-0.15, -0.1) is 0 Å². The number of halogens is 1. The summed E-state index contributed by atoms with van der Waals surface area (Å²) in [5, 5.41) is 21.4. The summed E-state index contributed by atoms with van der Waals surface area (Å²) in [4.78, 5) is 0. The fourth-order valence-corrected chi connectivity index (χ4v) is 1.71. The Morgan fingerprint density at radius 3 is 2.59 bits per heavy atom. The van der Waals surface area contributed by atoms with Gasteiger partial charge in [-0.1, -0.05) is 19.9 Å². The standard InChI is InChI=1S/C13H20FNO2/c1-9(2)5-11(8-16)15-7-10-3-4-13(17)12(14)6-10/h3-4,6,9,11,15-17H,5,7-8H2,1-2H3. The van der Waals surface area contributed by atoms with E-state index in [0.29, 0.717) is 12.5 Å². The first-order valence-corrected chi connectivity index (χ1v) is 5.84. The summed E-state index contributed by atoms with van der Waals surface area (Å²) in [6.07, 6.45) is 0.872. The van der Waals surface area contributed by atoms with Crippen LogP contribution in [0.4, 0.5) is 4.39 Å². The van der Waals surface area contributed by atoms with Crippen molar-refractivity contribution in [2.45, 2.75) is 32.9 Å². The number of aliphatic hydroxyl groups is 1. The largest absolute Gasteiger partial charge is 0.505 e. The third kappa shape index (κ3) is 4.71. The van der Waals surface area contributed by atoms with Gasteiger partial charge in [0.15, 0.2) is 11.6 Å². The highest BCUT2D eigenvalue weighted by Crippen LogP contribution is 2.16. The molecule has 0 fully saturated rings. The molecule has 0 aliphatic carbocycles. The monoisotopic (exact) mass is 241 g/mol. The van der Waals surface area contributed by atoms with Crippen molar-refractivity contribution in [3.05, 3.63) is 29.6 Å². The fraction of sp³-hybridized carbons (Fsp3) is 0.538. The molecule has 0 radical (unpaired) electrons. The van der Waals surface area contributed by atoms with E-state index in [2.05, 4.69) is 19.2 Å². The summed E-state index contributed by atoms with van der Waals surface area (Å²) in [6, 6.07) is 4.32. The van der Waals surface area contributed by atoms with Crippen LogP contribution in [0.3, 0.4) is 0 Å². The number of hydrogen-bond donors (Lipinski definition) is 3. The van der Waals surface area contributed by atoms with Crippen molar-refractivity contribution in [3.63, 3.8) is 0 Å². The van der Waals surface area contributed by atoms with Crippen molar-refractivity contribution in [2.24, 2.45) is 5.92 Å². The van der Waals surface area contributed by atoms with Crippen LogP contribution in [0.15, 0.2) is 18.2 Å². The maximum atomic E-state index is 13.1. The van der Waals surface area contributed by atoms with Gasteiger partial charge in [0.05, 0.1) is 6.61 Å². The normalized spacial score (nSPS) is 13.0. The minimum Gasteiger partial charge on any atom is -0.505 e. The first-order valence-electron chi connectivity index (χ1n) is 5.84. The molecule has 0 bridgehead atoms. The Labute approximate surface area is 101 Å². The number of phenolic OH excluding ortho intramolecular Hbond substituents is 1. The van der Waals surface area contributed by atoms with Gasteiger partial charge in [0.1, 0.15) is 0 Å². The van der Waals surface area contributed by atoms with E-state index in [9.17, 15) is 9.50 Å². The van der Waals surface area contributed by atoms with Crippen LogP contribution in [0, 0.1) is 11.7 Å². The van der Waals surface area contributed by atoms with E-state index in [-0.39, 0.29) is 18.4 Å². The minimum atomic E-state index is -0.617. The molecule has 3 nitrogen and oxygen atoms in total. The molecule has 0 aromatic heterocycles. The van der Waals surface area contributed by atoms with E-state index in [4.69, 9.17) is 5.11 Å². The van der Waals surface area contributed by atoms with Crippen LogP contribution in [0.5, 0.6) is 5.75 Å². The molecular formula is C13H20FNO2. The Morgan fingerprint density at radius 1 is 1.35 bits per heavy atom. The second-order valence-corrected chi connectivity index (χ2v) is 4.68.